The van der Waals surface area contributed by atoms with Crippen LogP contribution in [0, 0.1) is 24.7 Å². The molecule has 5 aromatic carbocycles. The van der Waals surface area contributed by atoms with Crippen LogP contribution in [0.4, 0.5) is 0 Å². The van der Waals surface area contributed by atoms with Crippen LogP contribution in [-0.4, -0.2) is 20.0 Å². The minimum Gasteiger partial charge on any atom is -0.497 e. The summed E-state index contributed by atoms with van der Waals surface area (Å²) >= 11 is 1.91. The topological polar surface area (TPSA) is 27.7 Å². The molecule has 0 amide bonds. The lowest BCUT2D eigenvalue weighted by atomic mass is 9.52. The van der Waals surface area contributed by atoms with Gasteiger partial charge in [-0.05, 0) is 125 Å². The fraction of sp³-hybridized carbons (Fsp3) is 0.362. The van der Waals surface area contributed by atoms with Crippen LogP contribution < -0.4 is 14.2 Å². The Kier molecular flexibility index (Phi) is 7.96. The number of hydrogen-bond acceptors (Lipinski definition) is 4. The van der Waals surface area contributed by atoms with Crippen molar-refractivity contribution in [1.29, 1.82) is 0 Å². The Bertz CT molecular complexity index is 2140. The molecule has 2 aliphatic carbocycles. The molecule has 4 heteroatoms. The van der Waals surface area contributed by atoms with Gasteiger partial charge in [-0.2, -0.15) is 0 Å². The smallest absolute Gasteiger partial charge is 0.178 e. The highest BCUT2D eigenvalue weighted by molar-refractivity contribution is 7.99. The molecule has 5 aromatic rings. The van der Waals surface area contributed by atoms with Gasteiger partial charge in [0, 0.05) is 32.4 Å². The summed E-state index contributed by atoms with van der Waals surface area (Å²) in [6.07, 6.45) is 8.12. The summed E-state index contributed by atoms with van der Waals surface area (Å²) in [6.45, 7) is 16.7. The van der Waals surface area contributed by atoms with Crippen LogP contribution in [0.15, 0.2) is 89.8 Å². The molecule has 3 nitrogen and oxygen atoms in total. The molecule has 1 aliphatic heterocycles. The molecule has 1 saturated carbocycles. The lowest BCUT2D eigenvalue weighted by Crippen LogP contribution is -2.44. The zero-order valence-electron chi connectivity index (χ0n) is 31.6. The number of ether oxygens (including phenoxy) is 3. The molecule has 0 unspecified atom stereocenters. The van der Waals surface area contributed by atoms with Crippen molar-refractivity contribution in [3.05, 3.63) is 124 Å². The Labute approximate surface area is 308 Å². The second-order valence-electron chi connectivity index (χ2n) is 16.7. The summed E-state index contributed by atoms with van der Waals surface area (Å²) in [4.78, 5) is 1.31. The van der Waals surface area contributed by atoms with E-state index in [0.29, 0.717) is 0 Å². The summed E-state index contributed by atoms with van der Waals surface area (Å²) in [5, 5.41) is 2.47. The number of hydrogen-bond donors (Lipinski definition) is 0. The van der Waals surface area contributed by atoms with Gasteiger partial charge >= 0.3 is 0 Å². The standard InChI is InChI=1S/C47H50O3S/c1-10-51-40-25-38-37(24-30(40)3)41-35-20-11-29(2)23-39(35)46(27-44(4,5)26-45(6,7)28-46)42(41)36-21-22-47(50-43(36)38,31-12-16-33(48-8)17-13-31)32-14-18-34(49-9)19-15-32/h11-25H,10,26-28H2,1-9H3. The third kappa shape index (κ3) is 5.31. The maximum Gasteiger partial charge on any atom is 0.178 e. The first kappa shape index (κ1) is 34.0. The average molecular weight is 695 g/mol. The number of benzene rings is 5. The van der Waals surface area contributed by atoms with Gasteiger partial charge in [0.1, 0.15) is 17.2 Å². The second-order valence-corrected chi connectivity index (χ2v) is 18.0. The van der Waals surface area contributed by atoms with E-state index < -0.39 is 5.60 Å². The Morgan fingerprint density at radius 2 is 1.33 bits per heavy atom. The van der Waals surface area contributed by atoms with Crippen LogP contribution in [0.5, 0.6) is 17.2 Å². The summed E-state index contributed by atoms with van der Waals surface area (Å²) in [7, 11) is 3.43. The molecule has 0 bridgehead atoms. The lowest BCUT2D eigenvalue weighted by Gasteiger charge is -2.52. The van der Waals surface area contributed by atoms with E-state index in [4.69, 9.17) is 14.2 Å². The van der Waals surface area contributed by atoms with Gasteiger partial charge in [-0.3, -0.25) is 0 Å². The Morgan fingerprint density at radius 3 is 1.90 bits per heavy atom. The summed E-state index contributed by atoms with van der Waals surface area (Å²) in [6, 6.07) is 28.8. The number of thioether (sulfide) groups is 1. The molecule has 0 radical (unpaired) electrons. The molecule has 0 saturated heterocycles. The van der Waals surface area contributed by atoms with Gasteiger partial charge in [-0.1, -0.05) is 88.7 Å². The lowest BCUT2D eigenvalue weighted by molar-refractivity contribution is 0.0641. The number of methoxy groups -OCH3 is 2. The Hall–Kier alpha value is -4.15. The van der Waals surface area contributed by atoms with E-state index in [1.54, 1.807) is 14.2 Å². The highest BCUT2D eigenvalue weighted by atomic mass is 32.2. The number of aryl methyl sites for hydroxylation is 2. The molecule has 1 spiro atoms. The first-order valence-corrected chi connectivity index (χ1v) is 19.4. The normalized spacial score (nSPS) is 18.5. The summed E-state index contributed by atoms with van der Waals surface area (Å²) < 4.78 is 18.9. The minimum absolute atomic E-state index is 0.140. The maximum absolute atomic E-state index is 7.73. The van der Waals surface area contributed by atoms with Gasteiger partial charge in [0.2, 0.25) is 0 Å². The molecule has 262 valence electrons. The fourth-order valence-corrected chi connectivity index (χ4v) is 11.2. The van der Waals surface area contributed by atoms with Crippen LogP contribution in [0.2, 0.25) is 0 Å². The monoisotopic (exact) mass is 694 g/mol. The van der Waals surface area contributed by atoms with E-state index in [-0.39, 0.29) is 16.2 Å². The highest BCUT2D eigenvalue weighted by Gasteiger charge is 2.55. The first-order valence-electron chi connectivity index (χ1n) is 18.4. The molecule has 8 rings (SSSR count). The third-order valence-corrected chi connectivity index (χ3v) is 12.7. The van der Waals surface area contributed by atoms with E-state index in [1.807, 2.05) is 36.0 Å². The molecule has 51 heavy (non-hydrogen) atoms. The van der Waals surface area contributed by atoms with E-state index >= 15 is 0 Å². The van der Waals surface area contributed by atoms with Crippen LogP contribution in [0.1, 0.15) is 92.8 Å². The van der Waals surface area contributed by atoms with Gasteiger partial charge < -0.3 is 14.2 Å². The van der Waals surface area contributed by atoms with Gasteiger partial charge in [-0.25, -0.2) is 0 Å². The minimum atomic E-state index is -0.865. The van der Waals surface area contributed by atoms with Crippen LogP contribution in [0.25, 0.3) is 28.0 Å². The van der Waals surface area contributed by atoms with Gasteiger partial charge in [-0.15, -0.1) is 11.8 Å². The Balaban J connectivity index is 1.49. The number of rotatable bonds is 6. The first-order chi connectivity index (χ1) is 24.3. The van der Waals surface area contributed by atoms with Crippen molar-refractivity contribution in [3.8, 4) is 28.4 Å². The van der Waals surface area contributed by atoms with Crippen molar-refractivity contribution in [3.63, 3.8) is 0 Å². The molecule has 0 aromatic heterocycles. The predicted molar refractivity (Wildman–Crippen MR) is 214 cm³/mol. The third-order valence-electron chi connectivity index (χ3n) is 11.6. The van der Waals surface area contributed by atoms with Crippen LogP contribution in [0.3, 0.4) is 0 Å². The summed E-state index contributed by atoms with van der Waals surface area (Å²) in [5.74, 6) is 3.63. The van der Waals surface area contributed by atoms with Crippen molar-refractivity contribution in [2.45, 2.75) is 83.6 Å². The van der Waals surface area contributed by atoms with Gasteiger partial charge in [0.15, 0.2) is 5.60 Å². The van der Waals surface area contributed by atoms with Crippen molar-refractivity contribution < 1.29 is 14.2 Å². The number of fused-ring (bicyclic) bond motifs is 10. The fourth-order valence-electron chi connectivity index (χ4n) is 10.4. The Morgan fingerprint density at radius 1 is 0.725 bits per heavy atom. The molecule has 1 fully saturated rings. The van der Waals surface area contributed by atoms with E-state index in [9.17, 15) is 0 Å². The predicted octanol–water partition coefficient (Wildman–Crippen LogP) is 12.4. The summed E-state index contributed by atoms with van der Waals surface area (Å²) in [5.41, 5.74) is 11.0. The van der Waals surface area contributed by atoms with Crippen LogP contribution >= 0.6 is 11.8 Å². The van der Waals surface area contributed by atoms with E-state index in [0.717, 1.165) is 47.0 Å². The largest absolute Gasteiger partial charge is 0.497 e. The van der Waals surface area contributed by atoms with Gasteiger partial charge in [0.05, 0.1) is 14.2 Å². The van der Waals surface area contributed by atoms with Crippen LogP contribution in [-0.2, 0) is 11.0 Å². The van der Waals surface area contributed by atoms with Crippen molar-refractivity contribution >= 4 is 28.6 Å². The molecule has 1 heterocycles. The molecular weight excluding hydrogens is 645 g/mol. The highest BCUT2D eigenvalue weighted by Crippen LogP contribution is 2.67. The van der Waals surface area contributed by atoms with Crippen molar-refractivity contribution in [1.82, 2.24) is 0 Å². The quantitative estimate of drug-likeness (QED) is 0.165. The zero-order chi connectivity index (χ0) is 35.9. The molecule has 3 aliphatic rings. The molecule has 0 atom stereocenters. The van der Waals surface area contributed by atoms with Crippen molar-refractivity contribution in [2.24, 2.45) is 10.8 Å². The SMILES string of the molecule is CCSc1cc2c3c(c4c(c2cc1C)-c1ccc(C)cc1C41CC(C)(C)CC(C)(C)C1)C=CC(c1ccc(OC)cc1)(c1ccc(OC)cc1)O3. The molecule has 0 N–H and O–H groups in total. The van der Waals surface area contributed by atoms with Gasteiger partial charge in [0.25, 0.3) is 0 Å². The van der Waals surface area contributed by atoms with Crippen molar-refractivity contribution in [2.75, 3.05) is 20.0 Å². The zero-order valence-corrected chi connectivity index (χ0v) is 32.4. The second kappa shape index (κ2) is 12.0. The van der Waals surface area contributed by atoms with E-state index in [1.165, 1.54) is 61.0 Å². The van der Waals surface area contributed by atoms with E-state index in [2.05, 4.69) is 115 Å². The maximum atomic E-state index is 7.73. The molecular formula is C47H50O3S. The average Bonchev–Trinajstić information content (AvgIpc) is 3.35.